The lowest BCUT2D eigenvalue weighted by atomic mass is 10.0. The number of hydrogen-bond acceptors (Lipinski definition) is 7. The summed E-state index contributed by atoms with van der Waals surface area (Å²) < 4.78 is 1.89. The maximum absolute atomic E-state index is 12.3. The molecular formula is C22H19N5O3S2. The van der Waals surface area contributed by atoms with Crippen LogP contribution in [0.15, 0.2) is 65.1 Å². The number of nitro groups is 1. The molecule has 32 heavy (non-hydrogen) atoms. The molecular weight excluding hydrogens is 446 g/mol. The van der Waals surface area contributed by atoms with E-state index in [1.54, 1.807) is 11.3 Å². The molecule has 162 valence electrons. The van der Waals surface area contributed by atoms with Gasteiger partial charge < -0.3 is 9.88 Å². The average Bonchev–Trinajstić information content (AvgIpc) is 3.35. The number of nitro benzene ring substituents is 1. The van der Waals surface area contributed by atoms with Crippen LogP contribution in [-0.4, -0.2) is 31.3 Å². The van der Waals surface area contributed by atoms with Crippen LogP contribution in [0.5, 0.6) is 0 Å². The Morgan fingerprint density at radius 2 is 1.88 bits per heavy atom. The van der Waals surface area contributed by atoms with Gasteiger partial charge in [-0.3, -0.25) is 14.9 Å². The summed E-state index contributed by atoms with van der Waals surface area (Å²) in [5, 5.41) is 24.8. The smallest absolute Gasteiger partial charge is 0.269 e. The van der Waals surface area contributed by atoms with Gasteiger partial charge in [-0.05, 0) is 24.6 Å². The molecule has 2 aromatic carbocycles. The van der Waals surface area contributed by atoms with E-state index in [1.165, 1.54) is 40.9 Å². The predicted molar refractivity (Wildman–Crippen MR) is 127 cm³/mol. The van der Waals surface area contributed by atoms with Crippen LogP contribution in [0.25, 0.3) is 22.5 Å². The Hall–Kier alpha value is -3.50. The van der Waals surface area contributed by atoms with Crippen LogP contribution in [-0.2, 0) is 11.8 Å². The second-order valence-corrected chi connectivity index (χ2v) is 8.98. The van der Waals surface area contributed by atoms with Gasteiger partial charge in [0, 0.05) is 46.3 Å². The number of nitrogens with one attached hydrogen (secondary N) is 1. The Balaban J connectivity index is 1.46. The van der Waals surface area contributed by atoms with E-state index in [0.29, 0.717) is 10.8 Å². The zero-order valence-corrected chi connectivity index (χ0v) is 18.9. The molecule has 0 radical (unpaired) electrons. The van der Waals surface area contributed by atoms with Crippen molar-refractivity contribution >= 4 is 40.4 Å². The van der Waals surface area contributed by atoms with Crippen LogP contribution < -0.4 is 5.32 Å². The summed E-state index contributed by atoms with van der Waals surface area (Å²) in [7, 11) is 1.88. The molecule has 1 amide bonds. The topological polar surface area (TPSA) is 103 Å². The zero-order chi connectivity index (χ0) is 22.7. The van der Waals surface area contributed by atoms with Gasteiger partial charge in [0.25, 0.3) is 5.69 Å². The third kappa shape index (κ3) is 4.56. The normalized spacial score (nSPS) is 10.8. The second-order valence-electron chi connectivity index (χ2n) is 6.95. The first kappa shape index (κ1) is 21.7. The Labute approximate surface area is 192 Å². The molecule has 0 aliphatic rings. The van der Waals surface area contributed by atoms with Gasteiger partial charge in [0.05, 0.1) is 10.7 Å². The Kier molecular flexibility index (Phi) is 6.33. The fourth-order valence-electron chi connectivity index (χ4n) is 3.25. The van der Waals surface area contributed by atoms with Crippen LogP contribution in [0.2, 0.25) is 0 Å². The van der Waals surface area contributed by atoms with Gasteiger partial charge in [0.2, 0.25) is 5.91 Å². The number of benzene rings is 2. The predicted octanol–water partition coefficient (Wildman–Crippen LogP) is 5.16. The molecule has 0 aliphatic heterocycles. The van der Waals surface area contributed by atoms with Gasteiger partial charge >= 0.3 is 0 Å². The molecule has 2 heterocycles. The molecule has 0 saturated heterocycles. The molecule has 0 spiro atoms. The molecule has 0 fully saturated rings. The third-order valence-electron chi connectivity index (χ3n) is 4.81. The number of nitrogens with zero attached hydrogens (tertiary/aromatic N) is 4. The minimum Gasteiger partial charge on any atom is -0.325 e. The molecule has 1 N–H and O–H groups in total. The first-order chi connectivity index (χ1) is 15.4. The van der Waals surface area contributed by atoms with Crippen LogP contribution in [0.1, 0.15) is 4.88 Å². The summed E-state index contributed by atoms with van der Waals surface area (Å²) in [6.45, 7) is 2.09. The van der Waals surface area contributed by atoms with Gasteiger partial charge in [-0.25, -0.2) is 0 Å². The lowest BCUT2D eigenvalue weighted by Gasteiger charge is -2.07. The van der Waals surface area contributed by atoms with E-state index in [4.69, 9.17) is 0 Å². The zero-order valence-electron chi connectivity index (χ0n) is 17.3. The summed E-state index contributed by atoms with van der Waals surface area (Å²) in [5.41, 5.74) is 3.75. The SMILES string of the molecule is Cc1scc(-c2nnc(SCC(=O)Nc3ccc([N+](=O)[O-])cc3)n2C)c1-c1ccccc1. The molecule has 8 nitrogen and oxygen atoms in total. The largest absolute Gasteiger partial charge is 0.325 e. The van der Waals surface area contributed by atoms with E-state index >= 15 is 0 Å². The van der Waals surface area contributed by atoms with E-state index < -0.39 is 4.92 Å². The van der Waals surface area contributed by atoms with Crippen molar-refractivity contribution in [1.82, 2.24) is 14.8 Å². The van der Waals surface area contributed by atoms with Crippen molar-refractivity contribution < 1.29 is 9.72 Å². The van der Waals surface area contributed by atoms with E-state index in [9.17, 15) is 14.9 Å². The highest BCUT2D eigenvalue weighted by atomic mass is 32.2. The van der Waals surface area contributed by atoms with Crippen LogP contribution in [0.3, 0.4) is 0 Å². The number of thioether (sulfide) groups is 1. The van der Waals surface area contributed by atoms with Gasteiger partial charge in [-0.15, -0.1) is 21.5 Å². The van der Waals surface area contributed by atoms with Gasteiger partial charge in [0.1, 0.15) is 0 Å². The lowest BCUT2D eigenvalue weighted by Crippen LogP contribution is -2.14. The fraction of sp³-hybridized carbons (Fsp3) is 0.136. The Morgan fingerprint density at radius 1 is 1.16 bits per heavy atom. The van der Waals surface area contributed by atoms with Crippen LogP contribution in [0, 0.1) is 17.0 Å². The van der Waals surface area contributed by atoms with E-state index in [2.05, 4.69) is 40.0 Å². The highest BCUT2D eigenvalue weighted by Crippen LogP contribution is 2.38. The molecule has 0 bridgehead atoms. The summed E-state index contributed by atoms with van der Waals surface area (Å²) in [6.07, 6.45) is 0. The standard InChI is InChI=1S/C22H19N5O3S2/c1-14-20(15-6-4-3-5-7-15)18(12-31-14)21-24-25-22(26(21)2)32-13-19(28)23-16-8-10-17(11-9-16)27(29)30/h3-12H,13H2,1-2H3,(H,23,28). The van der Waals surface area contributed by atoms with Crippen molar-refractivity contribution in [3.8, 4) is 22.5 Å². The number of amides is 1. The number of hydrogen-bond donors (Lipinski definition) is 1. The van der Waals surface area contributed by atoms with Gasteiger partial charge in [-0.2, -0.15) is 0 Å². The number of carbonyl (C=O) groups is 1. The number of non-ortho nitro benzene ring substituents is 1. The van der Waals surface area contributed by atoms with Crippen molar-refractivity contribution in [3.63, 3.8) is 0 Å². The van der Waals surface area contributed by atoms with Crippen LogP contribution >= 0.6 is 23.1 Å². The highest BCUT2D eigenvalue weighted by Gasteiger charge is 2.19. The quantitative estimate of drug-likeness (QED) is 0.230. The molecule has 0 saturated carbocycles. The molecule has 4 aromatic rings. The number of carbonyl (C=O) groups excluding carboxylic acids is 1. The van der Waals surface area contributed by atoms with Crippen molar-refractivity contribution in [1.29, 1.82) is 0 Å². The maximum atomic E-state index is 12.3. The number of aryl methyl sites for hydroxylation is 1. The van der Waals surface area contributed by atoms with Gasteiger partial charge in [0.15, 0.2) is 11.0 Å². The number of anilines is 1. The molecule has 0 atom stereocenters. The molecule has 0 aliphatic carbocycles. The number of aromatic nitrogens is 3. The minimum atomic E-state index is -0.481. The summed E-state index contributed by atoms with van der Waals surface area (Å²) in [5.74, 6) is 0.646. The third-order valence-corrected chi connectivity index (χ3v) is 6.74. The number of rotatable bonds is 7. The maximum Gasteiger partial charge on any atom is 0.269 e. The van der Waals surface area contributed by atoms with E-state index in [0.717, 1.165) is 22.5 Å². The molecule has 4 rings (SSSR count). The van der Waals surface area contributed by atoms with Crippen LogP contribution in [0.4, 0.5) is 11.4 Å². The average molecular weight is 466 g/mol. The summed E-state index contributed by atoms with van der Waals surface area (Å²) in [4.78, 5) is 23.8. The van der Waals surface area contributed by atoms with Crippen molar-refractivity contribution in [2.24, 2.45) is 7.05 Å². The minimum absolute atomic E-state index is 0.0254. The van der Waals surface area contributed by atoms with E-state index in [1.807, 2.05) is 29.8 Å². The van der Waals surface area contributed by atoms with Crippen molar-refractivity contribution in [2.75, 3.05) is 11.1 Å². The Morgan fingerprint density at radius 3 is 2.56 bits per heavy atom. The van der Waals surface area contributed by atoms with Crippen molar-refractivity contribution in [2.45, 2.75) is 12.1 Å². The monoisotopic (exact) mass is 465 g/mol. The first-order valence-electron chi connectivity index (χ1n) is 9.64. The fourth-order valence-corrected chi connectivity index (χ4v) is 4.83. The lowest BCUT2D eigenvalue weighted by molar-refractivity contribution is -0.384. The highest BCUT2D eigenvalue weighted by molar-refractivity contribution is 7.99. The summed E-state index contributed by atoms with van der Waals surface area (Å²) >= 11 is 2.95. The molecule has 0 unspecified atom stereocenters. The van der Waals surface area contributed by atoms with Gasteiger partial charge in [-0.1, -0.05) is 42.1 Å². The first-order valence-corrected chi connectivity index (χ1v) is 11.5. The molecule has 10 heteroatoms. The molecule has 2 aromatic heterocycles. The van der Waals surface area contributed by atoms with Crippen molar-refractivity contribution in [3.05, 3.63) is 75.0 Å². The van der Waals surface area contributed by atoms with E-state index in [-0.39, 0.29) is 17.3 Å². The second kappa shape index (κ2) is 9.33. The summed E-state index contributed by atoms with van der Waals surface area (Å²) in [6, 6.07) is 15.9. The Bertz CT molecular complexity index is 1270. The number of thiophene rings is 1.